The van der Waals surface area contributed by atoms with Crippen molar-refractivity contribution in [3.05, 3.63) is 83.9 Å². The molecule has 1 amide bonds. The van der Waals surface area contributed by atoms with Gasteiger partial charge in [-0.2, -0.15) is 0 Å². The number of aromatic nitrogens is 2. The molecule has 0 aliphatic heterocycles. The molecule has 0 spiro atoms. The van der Waals surface area contributed by atoms with E-state index in [2.05, 4.69) is 39.2 Å². The van der Waals surface area contributed by atoms with Crippen molar-refractivity contribution < 1.29 is 4.79 Å². The van der Waals surface area contributed by atoms with Crippen molar-refractivity contribution in [3.8, 4) is 11.1 Å². The average Bonchev–Trinajstić information content (AvgIpc) is 2.88. The van der Waals surface area contributed by atoms with Gasteiger partial charge in [0, 0.05) is 30.0 Å². The number of aryl methyl sites for hydroxylation is 1. The van der Waals surface area contributed by atoms with Gasteiger partial charge >= 0.3 is 0 Å². The second kappa shape index (κ2) is 11.7. The summed E-state index contributed by atoms with van der Waals surface area (Å²) >= 11 is 0. The van der Waals surface area contributed by atoms with Crippen molar-refractivity contribution in [1.82, 2.24) is 20.2 Å². The Hall–Kier alpha value is -3.05. The van der Waals surface area contributed by atoms with Crippen LogP contribution in [0.5, 0.6) is 0 Å². The van der Waals surface area contributed by atoms with E-state index in [0.29, 0.717) is 18.2 Å². The van der Waals surface area contributed by atoms with Crippen LogP contribution in [-0.4, -0.2) is 46.5 Å². The molecule has 1 aromatic heterocycles. The summed E-state index contributed by atoms with van der Waals surface area (Å²) in [7, 11) is 0. The number of carbonyl (C=O) groups excluding carboxylic acids is 1. The van der Waals surface area contributed by atoms with Crippen LogP contribution in [0.25, 0.3) is 11.1 Å². The Morgan fingerprint density at radius 3 is 2.61 bits per heavy atom. The molecule has 0 saturated carbocycles. The number of rotatable bonds is 10. The van der Waals surface area contributed by atoms with Crippen molar-refractivity contribution in [2.45, 2.75) is 51.5 Å². The Morgan fingerprint density at radius 1 is 1.03 bits per heavy atom. The number of benzene rings is 2. The van der Waals surface area contributed by atoms with E-state index in [9.17, 15) is 4.79 Å². The summed E-state index contributed by atoms with van der Waals surface area (Å²) in [5.41, 5.74) is 5.53. The van der Waals surface area contributed by atoms with Crippen LogP contribution in [0.3, 0.4) is 0 Å². The Kier molecular flexibility index (Phi) is 8.20. The highest BCUT2D eigenvalue weighted by molar-refractivity contribution is 5.94. The summed E-state index contributed by atoms with van der Waals surface area (Å²) in [6.07, 6.45) is 10.1. The van der Waals surface area contributed by atoms with E-state index >= 15 is 0 Å². The monoisotopic (exact) mass is 442 g/mol. The van der Waals surface area contributed by atoms with Crippen molar-refractivity contribution in [2.75, 3.05) is 19.6 Å². The molecule has 1 N–H and O–H groups in total. The highest BCUT2D eigenvalue weighted by Gasteiger charge is 2.24. The zero-order chi connectivity index (χ0) is 22.9. The van der Waals surface area contributed by atoms with Crippen molar-refractivity contribution in [2.24, 2.45) is 0 Å². The fourth-order valence-corrected chi connectivity index (χ4v) is 4.70. The lowest BCUT2D eigenvalue weighted by molar-refractivity contribution is 0.0952. The minimum Gasteiger partial charge on any atom is -0.352 e. The first kappa shape index (κ1) is 23.1. The zero-order valence-electron chi connectivity index (χ0n) is 19.5. The van der Waals surface area contributed by atoms with Crippen LogP contribution in [0.15, 0.2) is 67.1 Å². The van der Waals surface area contributed by atoms with Crippen LogP contribution in [-0.2, 0) is 12.8 Å². The number of carbonyl (C=O) groups is 1. The zero-order valence-corrected chi connectivity index (χ0v) is 19.5. The highest BCUT2D eigenvalue weighted by atomic mass is 16.1. The van der Waals surface area contributed by atoms with Gasteiger partial charge in [0.05, 0.1) is 0 Å². The summed E-state index contributed by atoms with van der Waals surface area (Å²) in [4.78, 5) is 23.8. The van der Waals surface area contributed by atoms with Gasteiger partial charge in [-0.25, -0.2) is 9.97 Å². The summed E-state index contributed by atoms with van der Waals surface area (Å²) in [6, 6.07) is 18.6. The summed E-state index contributed by atoms with van der Waals surface area (Å²) in [6.45, 7) is 5.15. The van der Waals surface area contributed by atoms with Gasteiger partial charge in [-0.15, -0.1) is 0 Å². The van der Waals surface area contributed by atoms with Gasteiger partial charge in [-0.1, -0.05) is 49.4 Å². The lowest BCUT2D eigenvalue weighted by atomic mass is 9.91. The van der Waals surface area contributed by atoms with Gasteiger partial charge in [0.25, 0.3) is 5.91 Å². The number of hydrogen-bond donors (Lipinski definition) is 1. The van der Waals surface area contributed by atoms with Gasteiger partial charge in [0.2, 0.25) is 0 Å². The van der Waals surface area contributed by atoms with Crippen LogP contribution in [0.4, 0.5) is 0 Å². The molecule has 3 aromatic rings. The molecule has 2 aromatic carbocycles. The maximum Gasteiger partial charge on any atom is 0.251 e. The van der Waals surface area contributed by atoms with Gasteiger partial charge in [-0.05, 0) is 80.4 Å². The van der Waals surface area contributed by atoms with E-state index in [1.165, 1.54) is 17.7 Å². The maximum absolute atomic E-state index is 12.5. The Morgan fingerprint density at radius 2 is 1.82 bits per heavy atom. The smallest absolute Gasteiger partial charge is 0.251 e. The van der Waals surface area contributed by atoms with Crippen molar-refractivity contribution in [1.29, 1.82) is 0 Å². The van der Waals surface area contributed by atoms with Crippen LogP contribution in [0.2, 0.25) is 0 Å². The predicted octanol–water partition coefficient (Wildman–Crippen LogP) is 4.92. The number of hydrogen-bond acceptors (Lipinski definition) is 4. The normalized spacial score (nSPS) is 15.3. The third kappa shape index (κ3) is 6.26. The van der Waals surface area contributed by atoms with Crippen LogP contribution in [0.1, 0.15) is 54.2 Å². The quantitative estimate of drug-likeness (QED) is 0.453. The van der Waals surface area contributed by atoms with E-state index in [0.717, 1.165) is 56.3 Å². The molecule has 1 atom stereocenters. The van der Waals surface area contributed by atoms with E-state index in [4.69, 9.17) is 0 Å². The van der Waals surface area contributed by atoms with Crippen molar-refractivity contribution in [3.63, 3.8) is 0 Å². The molecule has 172 valence electrons. The SMILES string of the molecule is CCCN(CCCCNC(=O)c1ccc(-c2ccccc2)cc1)C1CCc2ncncc2C1. The van der Waals surface area contributed by atoms with Gasteiger partial charge in [0.1, 0.15) is 6.33 Å². The van der Waals surface area contributed by atoms with Gasteiger partial charge < -0.3 is 10.2 Å². The second-order valence-corrected chi connectivity index (χ2v) is 8.83. The Labute approximate surface area is 197 Å². The second-order valence-electron chi connectivity index (χ2n) is 8.83. The molecule has 1 aliphatic carbocycles. The Balaban J connectivity index is 1.21. The van der Waals surface area contributed by atoms with E-state index in [1.807, 2.05) is 48.7 Å². The molecule has 0 radical (unpaired) electrons. The lowest BCUT2D eigenvalue weighted by Crippen LogP contribution is -2.41. The molecule has 5 nitrogen and oxygen atoms in total. The minimum absolute atomic E-state index is 0.00362. The standard InChI is InChI=1S/C28H34N4O/c1-2-17-32(26-14-15-27-25(19-26)20-29-21-31-27)18-7-6-16-30-28(33)24-12-10-23(11-13-24)22-8-4-3-5-9-22/h3-5,8-13,20-21,26H,2,6-7,14-19H2,1H3,(H,30,33). The Bertz CT molecular complexity index is 1020. The predicted molar refractivity (Wildman–Crippen MR) is 133 cm³/mol. The molecule has 33 heavy (non-hydrogen) atoms. The van der Waals surface area contributed by atoms with Gasteiger partial charge in [0.15, 0.2) is 0 Å². The first-order valence-corrected chi connectivity index (χ1v) is 12.2. The van der Waals surface area contributed by atoms with E-state index < -0.39 is 0 Å². The highest BCUT2D eigenvalue weighted by Crippen LogP contribution is 2.23. The fourth-order valence-electron chi connectivity index (χ4n) is 4.70. The summed E-state index contributed by atoms with van der Waals surface area (Å²) < 4.78 is 0. The molecule has 0 fully saturated rings. The number of amides is 1. The molecule has 1 heterocycles. The number of fused-ring (bicyclic) bond motifs is 1. The number of nitrogens with one attached hydrogen (secondary N) is 1. The van der Waals surface area contributed by atoms with Crippen molar-refractivity contribution >= 4 is 5.91 Å². The van der Waals surface area contributed by atoms with Crippen LogP contribution < -0.4 is 5.32 Å². The topological polar surface area (TPSA) is 58.1 Å². The molecule has 1 unspecified atom stereocenters. The van der Waals surface area contributed by atoms with Crippen LogP contribution >= 0.6 is 0 Å². The largest absolute Gasteiger partial charge is 0.352 e. The first-order valence-electron chi connectivity index (χ1n) is 12.2. The maximum atomic E-state index is 12.5. The van der Waals surface area contributed by atoms with E-state index in [-0.39, 0.29) is 5.91 Å². The lowest BCUT2D eigenvalue weighted by Gasteiger charge is -2.34. The van der Waals surface area contributed by atoms with Gasteiger partial charge in [-0.3, -0.25) is 4.79 Å². The molecular formula is C28H34N4O. The van der Waals surface area contributed by atoms with E-state index in [1.54, 1.807) is 6.33 Å². The number of nitrogens with zero attached hydrogens (tertiary/aromatic N) is 3. The third-order valence-electron chi connectivity index (χ3n) is 6.49. The fraction of sp³-hybridized carbons (Fsp3) is 0.393. The summed E-state index contributed by atoms with van der Waals surface area (Å²) in [5, 5.41) is 3.08. The first-order chi connectivity index (χ1) is 16.2. The minimum atomic E-state index is 0.00362. The third-order valence-corrected chi connectivity index (χ3v) is 6.49. The number of unbranched alkanes of at least 4 members (excludes halogenated alkanes) is 1. The molecule has 4 rings (SSSR count). The molecule has 0 bridgehead atoms. The average molecular weight is 443 g/mol. The molecule has 1 aliphatic rings. The molecule has 0 saturated heterocycles. The molecule has 5 heteroatoms. The molecular weight excluding hydrogens is 408 g/mol. The summed E-state index contributed by atoms with van der Waals surface area (Å²) in [5.74, 6) is 0.00362. The van der Waals surface area contributed by atoms with Crippen LogP contribution in [0, 0.1) is 0 Å².